The Kier molecular flexibility index (Phi) is 3.58. The summed E-state index contributed by atoms with van der Waals surface area (Å²) in [7, 11) is 0. The van der Waals surface area contributed by atoms with Gasteiger partial charge in [0.05, 0.1) is 0 Å². The molecule has 0 fully saturated rings. The highest BCUT2D eigenvalue weighted by atomic mass is 79.9. The highest BCUT2D eigenvalue weighted by Gasteiger charge is 2.17. The number of hydrogen-bond acceptors (Lipinski definition) is 3. The van der Waals surface area contributed by atoms with Crippen molar-refractivity contribution in [3.05, 3.63) is 34.2 Å². The molecule has 0 radical (unpaired) electrons. The molecule has 0 atom stereocenters. The zero-order chi connectivity index (χ0) is 14.1. The molecule has 4 N–H and O–H groups in total. The number of nitrogens with one attached hydrogen (secondary N) is 2. The van der Waals surface area contributed by atoms with Gasteiger partial charge in [-0.1, -0.05) is 6.07 Å². The number of nitrogens with zero attached hydrogens (tertiary/aromatic N) is 1. The standard InChI is InChI=1S/C14H15BrN4O/c15-14-13(18-11(19-14)5-6-16)9-1-3-10-8(7-9)2-4-12(20)17-10/h1,3,7H,2,4-6,16H2,(H,17,20)(H,18,19). The SMILES string of the molecule is NCCc1nc(-c2ccc3c(c2)CCC(=O)N3)c(Br)[nH]1. The second kappa shape index (κ2) is 5.38. The van der Waals surface area contributed by atoms with Crippen molar-refractivity contribution in [2.75, 3.05) is 11.9 Å². The Morgan fingerprint density at radius 3 is 3.00 bits per heavy atom. The third-order valence-corrected chi connectivity index (χ3v) is 3.94. The number of hydrogen-bond donors (Lipinski definition) is 3. The molecule has 20 heavy (non-hydrogen) atoms. The normalized spacial score (nSPS) is 14.0. The lowest BCUT2D eigenvalue weighted by Crippen LogP contribution is -2.18. The van der Waals surface area contributed by atoms with Gasteiger partial charge in [0.1, 0.15) is 16.1 Å². The lowest BCUT2D eigenvalue weighted by molar-refractivity contribution is -0.116. The zero-order valence-corrected chi connectivity index (χ0v) is 12.5. The molecule has 1 amide bonds. The van der Waals surface area contributed by atoms with Crippen LogP contribution in [0.25, 0.3) is 11.3 Å². The van der Waals surface area contributed by atoms with Crippen LogP contribution >= 0.6 is 15.9 Å². The lowest BCUT2D eigenvalue weighted by Gasteiger charge is -2.17. The molecule has 0 saturated heterocycles. The first kappa shape index (κ1) is 13.3. The maximum Gasteiger partial charge on any atom is 0.224 e. The molecule has 0 unspecified atom stereocenters. The van der Waals surface area contributed by atoms with Crippen LogP contribution in [0.1, 0.15) is 17.8 Å². The number of amides is 1. The molecule has 104 valence electrons. The number of H-pyrrole nitrogens is 1. The van der Waals surface area contributed by atoms with Crippen LogP contribution < -0.4 is 11.1 Å². The summed E-state index contributed by atoms with van der Waals surface area (Å²) in [6, 6.07) is 5.99. The van der Waals surface area contributed by atoms with Gasteiger partial charge < -0.3 is 16.0 Å². The van der Waals surface area contributed by atoms with Crippen LogP contribution in [0.2, 0.25) is 0 Å². The Morgan fingerprint density at radius 2 is 2.20 bits per heavy atom. The molecule has 0 saturated carbocycles. The summed E-state index contributed by atoms with van der Waals surface area (Å²) in [4.78, 5) is 19.1. The van der Waals surface area contributed by atoms with Crippen molar-refractivity contribution in [1.82, 2.24) is 9.97 Å². The highest BCUT2D eigenvalue weighted by Crippen LogP contribution is 2.31. The lowest BCUT2D eigenvalue weighted by atomic mass is 9.99. The highest BCUT2D eigenvalue weighted by molar-refractivity contribution is 9.10. The molecule has 1 aliphatic heterocycles. The van der Waals surface area contributed by atoms with Crippen LogP contribution in [0.3, 0.4) is 0 Å². The predicted octanol–water partition coefficient (Wildman–Crippen LogP) is 2.23. The van der Waals surface area contributed by atoms with Crippen LogP contribution in [-0.2, 0) is 17.6 Å². The van der Waals surface area contributed by atoms with Gasteiger partial charge in [0.2, 0.25) is 5.91 Å². The summed E-state index contributed by atoms with van der Waals surface area (Å²) in [5.74, 6) is 0.955. The molecule has 0 aliphatic carbocycles. The van der Waals surface area contributed by atoms with E-state index < -0.39 is 0 Å². The number of aryl methyl sites for hydroxylation is 1. The number of anilines is 1. The van der Waals surface area contributed by atoms with Gasteiger partial charge in [-0.3, -0.25) is 4.79 Å². The van der Waals surface area contributed by atoms with Gasteiger partial charge in [-0.05, 0) is 46.6 Å². The van der Waals surface area contributed by atoms with E-state index in [1.54, 1.807) is 0 Å². The Balaban J connectivity index is 1.96. The van der Waals surface area contributed by atoms with Gasteiger partial charge >= 0.3 is 0 Å². The third-order valence-electron chi connectivity index (χ3n) is 3.36. The Hall–Kier alpha value is -1.66. The fourth-order valence-electron chi connectivity index (χ4n) is 2.37. The molecule has 0 spiro atoms. The predicted molar refractivity (Wildman–Crippen MR) is 81.4 cm³/mol. The summed E-state index contributed by atoms with van der Waals surface area (Å²) in [6.07, 6.45) is 2.03. The number of rotatable bonds is 3. The van der Waals surface area contributed by atoms with E-state index in [0.29, 0.717) is 13.0 Å². The van der Waals surface area contributed by atoms with Crippen molar-refractivity contribution in [2.45, 2.75) is 19.3 Å². The first-order chi connectivity index (χ1) is 9.67. The fraction of sp³-hybridized carbons (Fsp3) is 0.286. The number of carbonyl (C=O) groups is 1. The fourth-order valence-corrected chi connectivity index (χ4v) is 2.92. The molecule has 1 aliphatic rings. The first-order valence-corrected chi connectivity index (χ1v) is 7.34. The van der Waals surface area contributed by atoms with Crippen molar-refractivity contribution in [1.29, 1.82) is 0 Å². The molecular formula is C14H15BrN4O. The van der Waals surface area contributed by atoms with Gasteiger partial charge in [-0.2, -0.15) is 0 Å². The van der Waals surface area contributed by atoms with E-state index in [4.69, 9.17) is 5.73 Å². The first-order valence-electron chi connectivity index (χ1n) is 6.55. The number of carbonyl (C=O) groups excluding carboxylic acids is 1. The maximum atomic E-state index is 11.4. The molecular weight excluding hydrogens is 320 g/mol. The Morgan fingerprint density at radius 1 is 1.35 bits per heavy atom. The van der Waals surface area contributed by atoms with Gasteiger partial charge in [0.25, 0.3) is 0 Å². The number of nitrogens with two attached hydrogens (primary N) is 1. The largest absolute Gasteiger partial charge is 0.336 e. The minimum atomic E-state index is 0.0800. The monoisotopic (exact) mass is 334 g/mol. The number of imidazole rings is 1. The number of benzene rings is 1. The quantitative estimate of drug-likeness (QED) is 0.804. The van der Waals surface area contributed by atoms with Gasteiger partial charge in [0, 0.05) is 24.1 Å². The van der Waals surface area contributed by atoms with Crippen molar-refractivity contribution in [3.8, 4) is 11.3 Å². The molecule has 5 nitrogen and oxygen atoms in total. The summed E-state index contributed by atoms with van der Waals surface area (Å²) >= 11 is 3.50. The average Bonchev–Trinajstić information content (AvgIpc) is 2.79. The van der Waals surface area contributed by atoms with E-state index in [0.717, 1.165) is 45.8 Å². The number of halogens is 1. The number of fused-ring (bicyclic) bond motifs is 1. The molecule has 6 heteroatoms. The summed E-state index contributed by atoms with van der Waals surface area (Å²) < 4.78 is 0.862. The molecule has 0 bridgehead atoms. The van der Waals surface area contributed by atoms with Crippen LogP contribution in [0.5, 0.6) is 0 Å². The molecule has 2 aromatic rings. The van der Waals surface area contributed by atoms with Crippen LogP contribution in [-0.4, -0.2) is 22.4 Å². The second-order valence-corrected chi connectivity index (χ2v) is 5.60. The van der Waals surface area contributed by atoms with Crippen LogP contribution in [0, 0.1) is 0 Å². The van der Waals surface area contributed by atoms with Gasteiger partial charge in [-0.15, -0.1) is 0 Å². The molecule has 1 aromatic carbocycles. The van der Waals surface area contributed by atoms with Gasteiger partial charge in [-0.25, -0.2) is 4.98 Å². The summed E-state index contributed by atoms with van der Waals surface area (Å²) in [5, 5.41) is 2.88. The number of aromatic nitrogens is 2. The van der Waals surface area contributed by atoms with Crippen molar-refractivity contribution in [2.24, 2.45) is 5.73 Å². The van der Waals surface area contributed by atoms with Crippen LogP contribution in [0.4, 0.5) is 5.69 Å². The zero-order valence-electron chi connectivity index (χ0n) is 10.9. The van der Waals surface area contributed by atoms with Crippen molar-refractivity contribution in [3.63, 3.8) is 0 Å². The molecule has 1 aromatic heterocycles. The average molecular weight is 335 g/mol. The van der Waals surface area contributed by atoms with E-state index in [2.05, 4.69) is 37.3 Å². The van der Waals surface area contributed by atoms with Crippen LogP contribution in [0.15, 0.2) is 22.8 Å². The Bertz CT molecular complexity index is 665. The van der Waals surface area contributed by atoms with E-state index >= 15 is 0 Å². The summed E-state index contributed by atoms with van der Waals surface area (Å²) in [6.45, 7) is 0.565. The van der Waals surface area contributed by atoms with Gasteiger partial charge in [0.15, 0.2) is 0 Å². The van der Waals surface area contributed by atoms with E-state index in [-0.39, 0.29) is 5.91 Å². The summed E-state index contributed by atoms with van der Waals surface area (Å²) in [5.41, 5.74) is 9.52. The smallest absolute Gasteiger partial charge is 0.224 e. The van der Waals surface area contributed by atoms with Crippen molar-refractivity contribution < 1.29 is 4.79 Å². The third kappa shape index (κ3) is 2.48. The topological polar surface area (TPSA) is 83.8 Å². The van der Waals surface area contributed by atoms with E-state index in [1.807, 2.05) is 12.1 Å². The maximum absolute atomic E-state index is 11.4. The minimum Gasteiger partial charge on any atom is -0.336 e. The van der Waals surface area contributed by atoms with E-state index in [1.165, 1.54) is 0 Å². The second-order valence-electron chi connectivity index (χ2n) is 4.80. The number of aromatic amines is 1. The minimum absolute atomic E-state index is 0.0800. The molecule has 3 rings (SSSR count). The molecule has 2 heterocycles. The van der Waals surface area contributed by atoms with E-state index in [9.17, 15) is 4.79 Å². The Labute approximate surface area is 125 Å². The van der Waals surface area contributed by atoms with Crippen molar-refractivity contribution >= 4 is 27.5 Å².